The predicted octanol–water partition coefficient (Wildman–Crippen LogP) is 0.851. The molecule has 108 valence electrons. The van der Waals surface area contributed by atoms with Crippen molar-refractivity contribution in [2.75, 3.05) is 20.8 Å². The molecule has 0 saturated heterocycles. The van der Waals surface area contributed by atoms with E-state index in [1.54, 1.807) is 0 Å². The quantitative estimate of drug-likeness (QED) is 0.776. The third-order valence-corrected chi connectivity index (χ3v) is 4.04. The molecule has 0 amide bonds. The maximum Gasteiger partial charge on any atom is 0.240 e. The number of nitrogens with one attached hydrogen (secondary N) is 1. The van der Waals surface area contributed by atoms with Crippen molar-refractivity contribution in [1.82, 2.24) is 4.72 Å². The Hall–Kier alpha value is -1.31. The smallest absolute Gasteiger partial charge is 0.240 e. The van der Waals surface area contributed by atoms with Gasteiger partial charge in [-0.3, -0.25) is 0 Å². The van der Waals surface area contributed by atoms with Gasteiger partial charge in [-0.05, 0) is 12.5 Å². The second kappa shape index (κ2) is 6.74. The van der Waals surface area contributed by atoms with Gasteiger partial charge in [-0.2, -0.15) is 0 Å². The van der Waals surface area contributed by atoms with Crippen LogP contribution in [0.15, 0.2) is 17.0 Å². The molecule has 0 heterocycles. The van der Waals surface area contributed by atoms with Crippen LogP contribution >= 0.6 is 0 Å². The van der Waals surface area contributed by atoms with Crippen molar-refractivity contribution in [2.24, 2.45) is 5.73 Å². The van der Waals surface area contributed by atoms with E-state index in [-0.39, 0.29) is 11.4 Å². The molecule has 1 rings (SSSR count). The Morgan fingerprint density at radius 3 is 2.42 bits per heavy atom. The molecule has 0 radical (unpaired) electrons. The number of rotatable bonds is 7. The second-order valence-electron chi connectivity index (χ2n) is 3.92. The largest absolute Gasteiger partial charge is 0.493 e. The van der Waals surface area contributed by atoms with E-state index in [1.807, 2.05) is 6.92 Å². The first-order valence-electron chi connectivity index (χ1n) is 5.94. The van der Waals surface area contributed by atoms with E-state index in [4.69, 9.17) is 15.2 Å². The van der Waals surface area contributed by atoms with Crippen LogP contribution in [0.1, 0.15) is 18.9 Å². The van der Waals surface area contributed by atoms with E-state index >= 15 is 0 Å². The average Bonchev–Trinajstić information content (AvgIpc) is 2.43. The Morgan fingerprint density at radius 1 is 1.26 bits per heavy atom. The summed E-state index contributed by atoms with van der Waals surface area (Å²) in [5, 5.41) is 0. The second-order valence-corrected chi connectivity index (χ2v) is 5.69. The van der Waals surface area contributed by atoms with E-state index in [0.29, 0.717) is 23.6 Å². The Labute approximate surface area is 113 Å². The van der Waals surface area contributed by atoms with E-state index in [9.17, 15) is 8.42 Å². The number of benzene rings is 1. The zero-order valence-corrected chi connectivity index (χ0v) is 12.2. The number of hydrogen-bond donors (Lipinski definition) is 2. The van der Waals surface area contributed by atoms with Gasteiger partial charge in [0.2, 0.25) is 10.0 Å². The van der Waals surface area contributed by atoms with Crippen molar-refractivity contribution >= 4 is 10.0 Å². The SMILES string of the molecule is CCCNS(=O)(=O)c1cc(CN)c(OC)c(OC)c1. The predicted molar refractivity (Wildman–Crippen MR) is 72.9 cm³/mol. The molecule has 1 aromatic carbocycles. The summed E-state index contributed by atoms with van der Waals surface area (Å²) in [6, 6.07) is 2.93. The summed E-state index contributed by atoms with van der Waals surface area (Å²) in [4.78, 5) is 0.124. The van der Waals surface area contributed by atoms with Gasteiger partial charge in [-0.25, -0.2) is 13.1 Å². The van der Waals surface area contributed by atoms with Gasteiger partial charge in [0.1, 0.15) is 0 Å². The maximum atomic E-state index is 12.1. The Kier molecular flexibility index (Phi) is 5.59. The van der Waals surface area contributed by atoms with Crippen LogP contribution in [-0.2, 0) is 16.6 Å². The lowest BCUT2D eigenvalue weighted by Crippen LogP contribution is -2.24. The van der Waals surface area contributed by atoms with Crippen LogP contribution in [0.4, 0.5) is 0 Å². The van der Waals surface area contributed by atoms with Crippen LogP contribution in [0.5, 0.6) is 11.5 Å². The lowest BCUT2D eigenvalue weighted by Gasteiger charge is -2.14. The Bertz CT molecular complexity index is 504. The number of ether oxygens (including phenoxy) is 2. The Balaban J connectivity index is 3.30. The van der Waals surface area contributed by atoms with Crippen LogP contribution in [0, 0.1) is 0 Å². The van der Waals surface area contributed by atoms with Crippen molar-refractivity contribution in [1.29, 1.82) is 0 Å². The summed E-state index contributed by atoms with van der Waals surface area (Å²) in [6.45, 7) is 2.44. The van der Waals surface area contributed by atoms with Crippen molar-refractivity contribution < 1.29 is 17.9 Å². The summed E-state index contributed by atoms with van der Waals surface area (Å²) in [5.74, 6) is 0.807. The van der Waals surface area contributed by atoms with Crippen molar-refractivity contribution in [3.8, 4) is 11.5 Å². The molecule has 0 aliphatic rings. The number of hydrogen-bond acceptors (Lipinski definition) is 5. The molecule has 7 heteroatoms. The first kappa shape index (κ1) is 15.7. The fourth-order valence-electron chi connectivity index (χ4n) is 1.64. The minimum atomic E-state index is -3.55. The average molecular weight is 288 g/mol. The number of methoxy groups -OCH3 is 2. The fourth-order valence-corrected chi connectivity index (χ4v) is 2.84. The maximum absolute atomic E-state index is 12.1. The molecule has 0 aliphatic heterocycles. The first-order valence-corrected chi connectivity index (χ1v) is 7.43. The zero-order valence-electron chi connectivity index (χ0n) is 11.4. The molecule has 0 saturated carbocycles. The molecule has 0 aliphatic carbocycles. The van der Waals surface area contributed by atoms with Crippen LogP contribution in [0.25, 0.3) is 0 Å². The lowest BCUT2D eigenvalue weighted by molar-refractivity contribution is 0.350. The minimum absolute atomic E-state index is 0.124. The molecule has 0 spiro atoms. The van der Waals surface area contributed by atoms with Gasteiger partial charge in [0.15, 0.2) is 11.5 Å². The molecular formula is C12H20N2O4S. The van der Waals surface area contributed by atoms with Gasteiger partial charge in [0, 0.05) is 24.7 Å². The van der Waals surface area contributed by atoms with Crippen molar-refractivity contribution in [3.63, 3.8) is 0 Å². The van der Waals surface area contributed by atoms with Gasteiger partial charge < -0.3 is 15.2 Å². The number of nitrogens with two attached hydrogens (primary N) is 1. The molecule has 3 N–H and O–H groups in total. The molecule has 0 bridgehead atoms. The standard InChI is InChI=1S/C12H20N2O4S/c1-4-5-14-19(15,16)10-6-9(8-13)12(18-3)11(7-10)17-2/h6-7,14H,4-5,8,13H2,1-3H3. The van der Waals surface area contributed by atoms with Gasteiger partial charge >= 0.3 is 0 Å². The third-order valence-electron chi connectivity index (χ3n) is 2.60. The number of sulfonamides is 1. The Morgan fingerprint density at radius 2 is 1.95 bits per heavy atom. The minimum Gasteiger partial charge on any atom is -0.493 e. The van der Waals surface area contributed by atoms with Gasteiger partial charge in [-0.1, -0.05) is 6.92 Å². The van der Waals surface area contributed by atoms with E-state index in [2.05, 4.69) is 4.72 Å². The monoisotopic (exact) mass is 288 g/mol. The lowest BCUT2D eigenvalue weighted by atomic mass is 10.2. The van der Waals surface area contributed by atoms with Crippen molar-refractivity contribution in [2.45, 2.75) is 24.8 Å². The first-order chi connectivity index (χ1) is 9.00. The third kappa shape index (κ3) is 3.59. The summed E-state index contributed by atoms with van der Waals surface area (Å²) < 4.78 is 37.0. The van der Waals surface area contributed by atoms with E-state index < -0.39 is 10.0 Å². The van der Waals surface area contributed by atoms with Crippen LogP contribution in [0.2, 0.25) is 0 Å². The highest BCUT2D eigenvalue weighted by molar-refractivity contribution is 7.89. The van der Waals surface area contributed by atoms with Gasteiger partial charge in [0.05, 0.1) is 19.1 Å². The molecule has 1 aromatic rings. The molecule has 0 unspecified atom stereocenters. The normalized spacial score (nSPS) is 11.4. The van der Waals surface area contributed by atoms with E-state index in [1.165, 1.54) is 26.4 Å². The molecule has 6 nitrogen and oxygen atoms in total. The summed E-state index contributed by atoms with van der Waals surface area (Å²) in [6.07, 6.45) is 0.719. The van der Waals surface area contributed by atoms with Crippen LogP contribution in [-0.4, -0.2) is 29.2 Å². The van der Waals surface area contributed by atoms with Gasteiger partial charge in [0.25, 0.3) is 0 Å². The molecule has 0 aromatic heterocycles. The summed E-state index contributed by atoms with van der Waals surface area (Å²) in [5.41, 5.74) is 6.19. The molecule has 0 fully saturated rings. The highest BCUT2D eigenvalue weighted by Crippen LogP contribution is 2.33. The van der Waals surface area contributed by atoms with Crippen LogP contribution < -0.4 is 19.9 Å². The summed E-state index contributed by atoms with van der Waals surface area (Å²) >= 11 is 0. The van der Waals surface area contributed by atoms with E-state index in [0.717, 1.165) is 6.42 Å². The zero-order chi connectivity index (χ0) is 14.5. The molecular weight excluding hydrogens is 268 g/mol. The summed E-state index contributed by atoms with van der Waals surface area (Å²) in [7, 11) is -0.615. The fraction of sp³-hybridized carbons (Fsp3) is 0.500. The topological polar surface area (TPSA) is 90.7 Å². The van der Waals surface area contributed by atoms with Crippen LogP contribution in [0.3, 0.4) is 0 Å². The molecule has 0 atom stereocenters. The van der Waals surface area contributed by atoms with Crippen molar-refractivity contribution in [3.05, 3.63) is 17.7 Å². The highest BCUT2D eigenvalue weighted by atomic mass is 32.2. The molecule has 19 heavy (non-hydrogen) atoms. The highest BCUT2D eigenvalue weighted by Gasteiger charge is 2.19. The van der Waals surface area contributed by atoms with Gasteiger partial charge in [-0.15, -0.1) is 0 Å².